The predicted molar refractivity (Wildman–Crippen MR) is 156 cm³/mol. The highest BCUT2D eigenvalue weighted by atomic mass is 31.2. The summed E-state index contributed by atoms with van der Waals surface area (Å²) in [5, 5.41) is 11.3. The highest BCUT2D eigenvalue weighted by molar-refractivity contribution is 7.46. The molecular weight excluding hydrogens is 527 g/mol. The molecule has 0 bridgehead atoms. The van der Waals surface area contributed by atoms with Gasteiger partial charge in [0.05, 0.1) is 6.61 Å². The number of phosphoric ester groups is 1. The standard InChI is InChI=1S/C32H49O7P/c1-6-8-10-12-19-37-40(35,36)39-32(17-13-18-32)31(34)38-29-22-25(14-11-9-7-2)21-28(33)30(29)27-20-24(5)15-16-26(27)23(3)4/h20-22,26-27,33H,3,6-19H2,1-2,4-5H3,(H,35,36)/p-1/t26-,27+/m0/s1. The van der Waals surface area contributed by atoms with Crippen LogP contribution in [0.1, 0.15) is 122 Å². The SMILES string of the molecule is C=C(C)[C@@H]1CCC(C)=C[C@H]1c1c(O)cc(CCCCC)cc1OC(=O)C1(OP(=O)([O-])OCCCCCC)CCC1. The molecule has 3 atom stereocenters. The van der Waals surface area contributed by atoms with Gasteiger partial charge in [-0.15, -0.1) is 0 Å². The third kappa shape index (κ3) is 8.55. The molecule has 1 aromatic rings. The Morgan fingerprint density at radius 3 is 2.48 bits per heavy atom. The summed E-state index contributed by atoms with van der Waals surface area (Å²) in [5.74, 6) is -0.564. The van der Waals surface area contributed by atoms with Crippen molar-refractivity contribution in [3.63, 3.8) is 0 Å². The molecule has 2 aliphatic rings. The Balaban J connectivity index is 1.90. The molecule has 7 nitrogen and oxygen atoms in total. The molecule has 0 aromatic heterocycles. The van der Waals surface area contributed by atoms with E-state index >= 15 is 0 Å². The molecule has 1 N–H and O–H groups in total. The summed E-state index contributed by atoms with van der Waals surface area (Å²) < 4.78 is 29.2. The number of phenols is 1. The number of carbonyl (C=O) groups is 1. The van der Waals surface area contributed by atoms with Gasteiger partial charge >= 0.3 is 5.97 Å². The topological polar surface area (TPSA) is 105 Å². The van der Waals surface area contributed by atoms with Crippen LogP contribution in [-0.4, -0.2) is 23.3 Å². The molecule has 0 saturated heterocycles. The van der Waals surface area contributed by atoms with Crippen LogP contribution in [0, 0.1) is 5.92 Å². The molecule has 40 heavy (non-hydrogen) atoms. The van der Waals surface area contributed by atoms with Crippen molar-refractivity contribution in [1.29, 1.82) is 0 Å². The number of aryl methyl sites for hydroxylation is 1. The van der Waals surface area contributed by atoms with E-state index in [1.807, 2.05) is 13.0 Å². The molecule has 0 radical (unpaired) electrons. The molecule has 1 fully saturated rings. The van der Waals surface area contributed by atoms with E-state index in [1.54, 1.807) is 6.07 Å². The van der Waals surface area contributed by atoms with E-state index in [0.717, 1.165) is 68.9 Å². The summed E-state index contributed by atoms with van der Waals surface area (Å²) in [6.45, 7) is 12.5. The first-order valence-corrected chi connectivity index (χ1v) is 16.5. The zero-order valence-electron chi connectivity index (χ0n) is 24.8. The minimum absolute atomic E-state index is 0.0272. The number of phenolic OH excluding ortho intramolecular Hbond substituents is 1. The van der Waals surface area contributed by atoms with Crippen LogP contribution in [-0.2, 0) is 24.8 Å². The second-order valence-electron chi connectivity index (χ2n) is 11.7. The number of phosphoric acid groups is 1. The normalized spacial score (nSPS) is 21.7. The van der Waals surface area contributed by atoms with Gasteiger partial charge in [-0.2, -0.15) is 0 Å². The first kappa shape index (κ1) is 32.6. The smallest absolute Gasteiger partial charge is 0.344 e. The zero-order chi connectivity index (χ0) is 29.3. The zero-order valence-corrected chi connectivity index (χ0v) is 25.7. The summed E-state index contributed by atoms with van der Waals surface area (Å²) in [6.07, 6.45) is 12.3. The van der Waals surface area contributed by atoms with Gasteiger partial charge in [-0.25, -0.2) is 4.79 Å². The molecule has 0 amide bonds. The first-order valence-electron chi connectivity index (χ1n) is 15.1. The maximum Gasteiger partial charge on any atom is 0.344 e. The molecule has 2 aliphatic carbocycles. The lowest BCUT2D eigenvalue weighted by Crippen LogP contribution is -2.50. The summed E-state index contributed by atoms with van der Waals surface area (Å²) in [4.78, 5) is 26.3. The second kappa shape index (κ2) is 14.8. The molecule has 0 aliphatic heterocycles. The molecule has 1 aromatic carbocycles. The van der Waals surface area contributed by atoms with Gasteiger partial charge in [-0.1, -0.05) is 69.8 Å². The van der Waals surface area contributed by atoms with Crippen LogP contribution < -0.4 is 9.63 Å². The Hall–Kier alpha value is -1.92. The fourth-order valence-corrected chi connectivity index (χ4v) is 6.78. The summed E-state index contributed by atoms with van der Waals surface area (Å²) in [6, 6.07) is 3.59. The van der Waals surface area contributed by atoms with Crippen molar-refractivity contribution >= 4 is 13.8 Å². The van der Waals surface area contributed by atoms with Crippen LogP contribution >= 0.6 is 7.82 Å². The number of esters is 1. The quantitative estimate of drug-likeness (QED) is 0.0699. The summed E-state index contributed by atoms with van der Waals surface area (Å²) in [7, 11) is -4.71. The maximum atomic E-state index is 13.6. The van der Waals surface area contributed by atoms with E-state index in [-0.39, 0.29) is 42.8 Å². The lowest BCUT2D eigenvalue weighted by atomic mass is 9.73. The Morgan fingerprint density at radius 1 is 1.15 bits per heavy atom. The van der Waals surface area contributed by atoms with Crippen molar-refractivity contribution < 1.29 is 33.1 Å². The fourth-order valence-electron chi connectivity index (χ4n) is 5.69. The van der Waals surface area contributed by atoms with Crippen molar-refractivity contribution in [3.05, 3.63) is 47.1 Å². The van der Waals surface area contributed by atoms with E-state index in [9.17, 15) is 19.4 Å². The van der Waals surface area contributed by atoms with Crippen molar-refractivity contribution in [2.75, 3.05) is 6.61 Å². The Labute approximate surface area is 240 Å². The molecule has 224 valence electrons. The number of benzene rings is 1. The van der Waals surface area contributed by atoms with Crippen LogP contribution in [0.15, 0.2) is 35.9 Å². The number of unbranched alkanes of at least 4 members (excludes halogenated alkanes) is 5. The average molecular weight is 576 g/mol. The third-order valence-electron chi connectivity index (χ3n) is 8.23. The van der Waals surface area contributed by atoms with E-state index in [0.29, 0.717) is 18.4 Å². The van der Waals surface area contributed by atoms with Gasteiger partial charge in [0.15, 0.2) is 5.60 Å². The molecule has 3 rings (SSSR count). The Morgan fingerprint density at radius 2 is 1.85 bits per heavy atom. The van der Waals surface area contributed by atoms with Gasteiger partial charge in [0.1, 0.15) is 11.5 Å². The predicted octanol–water partition coefficient (Wildman–Crippen LogP) is 8.05. The molecular formula is C32H48O7P-. The minimum Gasteiger partial charge on any atom is -0.756 e. The first-order chi connectivity index (χ1) is 19.0. The van der Waals surface area contributed by atoms with Gasteiger partial charge in [-0.3, -0.25) is 9.09 Å². The van der Waals surface area contributed by atoms with Crippen LogP contribution in [0.2, 0.25) is 0 Å². The van der Waals surface area contributed by atoms with Crippen LogP contribution in [0.5, 0.6) is 11.5 Å². The number of hydrogen-bond donors (Lipinski definition) is 1. The van der Waals surface area contributed by atoms with Gasteiger partial charge < -0.3 is 19.3 Å². The van der Waals surface area contributed by atoms with E-state index in [4.69, 9.17) is 13.8 Å². The van der Waals surface area contributed by atoms with Gasteiger partial charge in [0, 0.05) is 11.5 Å². The van der Waals surface area contributed by atoms with Crippen LogP contribution in [0.3, 0.4) is 0 Å². The van der Waals surface area contributed by atoms with Crippen molar-refractivity contribution in [2.24, 2.45) is 5.92 Å². The number of carbonyl (C=O) groups excluding carboxylic acids is 1. The van der Waals surface area contributed by atoms with Gasteiger partial charge in [-0.05, 0) is 88.8 Å². The lowest BCUT2D eigenvalue weighted by molar-refractivity contribution is -0.243. The van der Waals surface area contributed by atoms with Gasteiger partial charge in [0.2, 0.25) is 0 Å². The molecule has 1 unspecified atom stereocenters. The molecule has 8 heteroatoms. The average Bonchev–Trinajstić information content (AvgIpc) is 2.86. The number of hydrogen-bond acceptors (Lipinski definition) is 7. The van der Waals surface area contributed by atoms with E-state index in [2.05, 4.69) is 33.4 Å². The fraction of sp³-hybridized carbons (Fsp3) is 0.656. The molecule has 0 spiro atoms. The number of rotatable bonds is 16. The van der Waals surface area contributed by atoms with Crippen molar-refractivity contribution in [1.82, 2.24) is 0 Å². The summed E-state index contributed by atoms with van der Waals surface area (Å²) >= 11 is 0. The van der Waals surface area contributed by atoms with E-state index < -0.39 is 19.4 Å². The lowest BCUT2D eigenvalue weighted by Gasteiger charge is -2.42. The van der Waals surface area contributed by atoms with Crippen LogP contribution in [0.25, 0.3) is 0 Å². The maximum absolute atomic E-state index is 13.6. The van der Waals surface area contributed by atoms with Crippen molar-refractivity contribution in [3.8, 4) is 11.5 Å². The minimum atomic E-state index is -4.71. The number of aromatic hydroxyl groups is 1. The van der Waals surface area contributed by atoms with Crippen LogP contribution in [0.4, 0.5) is 0 Å². The second-order valence-corrected chi connectivity index (χ2v) is 13.0. The third-order valence-corrected chi connectivity index (χ3v) is 9.30. The van der Waals surface area contributed by atoms with Gasteiger partial charge in [0.25, 0.3) is 7.82 Å². The monoisotopic (exact) mass is 575 g/mol. The highest BCUT2D eigenvalue weighted by Crippen LogP contribution is 2.52. The largest absolute Gasteiger partial charge is 0.756 e. The number of allylic oxidation sites excluding steroid dienone is 3. The molecule has 1 saturated carbocycles. The Bertz CT molecular complexity index is 1100. The molecule has 0 heterocycles. The number of ether oxygens (including phenoxy) is 1. The Kier molecular flexibility index (Phi) is 12.1. The van der Waals surface area contributed by atoms with Crippen molar-refractivity contribution in [2.45, 2.75) is 123 Å². The highest BCUT2D eigenvalue weighted by Gasteiger charge is 2.50. The summed E-state index contributed by atoms with van der Waals surface area (Å²) in [5.41, 5.74) is 1.99. The van der Waals surface area contributed by atoms with E-state index in [1.165, 1.54) is 5.57 Å².